The summed E-state index contributed by atoms with van der Waals surface area (Å²) in [4.78, 5) is 9.92. The summed E-state index contributed by atoms with van der Waals surface area (Å²) in [5.74, 6) is 0. The molecule has 0 bridgehead atoms. The number of hydrogen-bond donors (Lipinski definition) is 1. The van der Waals surface area contributed by atoms with Crippen LogP contribution in [0.15, 0.2) is 22.7 Å². The van der Waals surface area contributed by atoms with Gasteiger partial charge in [-0.3, -0.25) is 10.1 Å². The van der Waals surface area contributed by atoms with Gasteiger partial charge in [0.25, 0.3) is 5.69 Å². The Balaban J connectivity index is 3.07. The van der Waals surface area contributed by atoms with Crippen LogP contribution in [0.25, 0.3) is 0 Å². The van der Waals surface area contributed by atoms with E-state index in [0.29, 0.717) is 10.0 Å². The van der Waals surface area contributed by atoms with E-state index in [1.807, 2.05) is 0 Å². The molecule has 0 aliphatic rings. The van der Waals surface area contributed by atoms with Crippen LogP contribution >= 0.6 is 27.5 Å². The standard InChI is InChI=1S/C8H7BrClNO3/c9-7-3-5(11(13)14)1-2-6(7)8(10)4-12/h1-3,8,12H,4H2/t8-/m1/s1. The van der Waals surface area contributed by atoms with Crippen molar-refractivity contribution in [2.75, 3.05) is 6.61 Å². The second-order valence-electron chi connectivity index (χ2n) is 2.61. The highest BCUT2D eigenvalue weighted by atomic mass is 79.9. The van der Waals surface area contributed by atoms with E-state index >= 15 is 0 Å². The molecule has 1 atom stereocenters. The molecule has 0 amide bonds. The van der Waals surface area contributed by atoms with E-state index in [4.69, 9.17) is 16.7 Å². The minimum absolute atomic E-state index is 0.0116. The van der Waals surface area contributed by atoms with Crippen molar-refractivity contribution in [3.63, 3.8) is 0 Å². The van der Waals surface area contributed by atoms with Gasteiger partial charge >= 0.3 is 0 Å². The topological polar surface area (TPSA) is 63.4 Å². The number of nitro benzene ring substituents is 1. The first-order valence-corrected chi connectivity index (χ1v) is 4.98. The van der Waals surface area contributed by atoms with Gasteiger partial charge in [0.05, 0.1) is 16.9 Å². The summed E-state index contributed by atoms with van der Waals surface area (Å²) in [6.07, 6.45) is 0. The lowest BCUT2D eigenvalue weighted by atomic mass is 10.1. The Labute approximate surface area is 93.8 Å². The smallest absolute Gasteiger partial charge is 0.270 e. The molecule has 0 saturated heterocycles. The molecule has 6 heteroatoms. The molecule has 0 aromatic heterocycles. The molecule has 0 spiro atoms. The number of benzene rings is 1. The molecule has 1 aromatic rings. The highest BCUT2D eigenvalue weighted by molar-refractivity contribution is 9.10. The second-order valence-corrected chi connectivity index (χ2v) is 3.99. The lowest BCUT2D eigenvalue weighted by molar-refractivity contribution is -0.384. The largest absolute Gasteiger partial charge is 0.394 e. The first kappa shape index (κ1) is 11.4. The van der Waals surface area contributed by atoms with Gasteiger partial charge in [0.15, 0.2) is 0 Å². The van der Waals surface area contributed by atoms with Crippen molar-refractivity contribution in [2.24, 2.45) is 0 Å². The molecular formula is C8H7BrClNO3. The number of hydrogen-bond acceptors (Lipinski definition) is 3. The summed E-state index contributed by atoms with van der Waals surface area (Å²) in [6, 6.07) is 4.24. The maximum Gasteiger partial charge on any atom is 0.270 e. The predicted octanol–water partition coefficient (Wildman–Crippen LogP) is 2.63. The van der Waals surface area contributed by atoms with Crippen LogP contribution in [0.2, 0.25) is 0 Å². The summed E-state index contributed by atoms with van der Waals surface area (Å²) in [5.41, 5.74) is 0.627. The number of aliphatic hydroxyl groups is 1. The normalized spacial score (nSPS) is 12.5. The molecule has 0 aliphatic heterocycles. The van der Waals surface area contributed by atoms with Crippen LogP contribution in [0.3, 0.4) is 0 Å². The molecule has 76 valence electrons. The monoisotopic (exact) mass is 279 g/mol. The summed E-state index contributed by atoms with van der Waals surface area (Å²) >= 11 is 8.93. The van der Waals surface area contributed by atoms with E-state index < -0.39 is 10.3 Å². The van der Waals surface area contributed by atoms with Crippen molar-refractivity contribution in [1.29, 1.82) is 0 Å². The lowest BCUT2D eigenvalue weighted by Gasteiger charge is -2.07. The zero-order valence-corrected chi connectivity index (χ0v) is 9.33. The van der Waals surface area contributed by atoms with E-state index in [2.05, 4.69) is 15.9 Å². The molecule has 0 heterocycles. The Hall–Kier alpha value is -0.650. The van der Waals surface area contributed by atoms with Crippen molar-refractivity contribution in [1.82, 2.24) is 0 Å². The number of nitrogens with zero attached hydrogens (tertiary/aromatic N) is 1. The molecule has 0 unspecified atom stereocenters. The van der Waals surface area contributed by atoms with E-state index in [9.17, 15) is 10.1 Å². The zero-order valence-electron chi connectivity index (χ0n) is 6.98. The van der Waals surface area contributed by atoms with Gasteiger partial charge < -0.3 is 5.11 Å². The van der Waals surface area contributed by atoms with Gasteiger partial charge in [-0.05, 0) is 11.6 Å². The first-order valence-electron chi connectivity index (χ1n) is 3.75. The molecule has 1 N–H and O–H groups in total. The van der Waals surface area contributed by atoms with Gasteiger partial charge in [0, 0.05) is 16.6 Å². The average Bonchev–Trinajstić information content (AvgIpc) is 2.16. The molecular weight excluding hydrogens is 273 g/mol. The molecule has 1 rings (SSSR count). The van der Waals surface area contributed by atoms with Crippen LogP contribution in [-0.2, 0) is 0 Å². The summed E-state index contributed by atoms with van der Waals surface area (Å²) in [7, 11) is 0. The van der Waals surface area contributed by atoms with Crippen LogP contribution in [0.1, 0.15) is 10.9 Å². The Kier molecular flexibility index (Phi) is 3.86. The number of nitro groups is 1. The van der Waals surface area contributed by atoms with Crippen LogP contribution in [0.5, 0.6) is 0 Å². The third-order valence-electron chi connectivity index (χ3n) is 1.69. The SMILES string of the molecule is O=[N+]([O-])c1ccc([C@H](Cl)CO)c(Br)c1. The molecule has 0 fully saturated rings. The van der Waals surface area contributed by atoms with Gasteiger partial charge in [0.1, 0.15) is 0 Å². The van der Waals surface area contributed by atoms with E-state index in [1.165, 1.54) is 18.2 Å². The van der Waals surface area contributed by atoms with Crippen LogP contribution < -0.4 is 0 Å². The van der Waals surface area contributed by atoms with Crippen molar-refractivity contribution >= 4 is 33.2 Å². The predicted molar refractivity (Wildman–Crippen MR) is 56.5 cm³/mol. The Morgan fingerprint density at radius 2 is 2.29 bits per heavy atom. The summed E-state index contributed by atoms with van der Waals surface area (Å²) < 4.78 is 0.528. The Morgan fingerprint density at radius 3 is 2.71 bits per heavy atom. The number of rotatable bonds is 3. The highest BCUT2D eigenvalue weighted by Gasteiger charge is 2.14. The average molecular weight is 281 g/mol. The third-order valence-corrected chi connectivity index (χ3v) is 2.75. The van der Waals surface area contributed by atoms with Crippen molar-refractivity contribution in [2.45, 2.75) is 5.38 Å². The number of non-ortho nitro benzene ring substituents is 1. The second kappa shape index (κ2) is 4.72. The van der Waals surface area contributed by atoms with Gasteiger partial charge in [-0.25, -0.2) is 0 Å². The van der Waals surface area contributed by atoms with Gasteiger partial charge in [-0.2, -0.15) is 0 Å². The molecule has 0 saturated carbocycles. The minimum Gasteiger partial charge on any atom is -0.394 e. The fourth-order valence-corrected chi connectivity index (χ4v) is 1.95. The van der Waals surface area contributed by atoms with E-state index in [0.717, 1.165) is 0 Å². The van der Waals surface area contributed by atoms with E-state index in [1.54, 1.807) is 0 Å². The molecule has 0 radical (unpaired) electrons. The molecule has 14 heavy (non-hydrogen) atoms. The fourth-order valence-electron chi connectivity index (χ4n) is 0.982. The molecule has 0 aliphatic carbocycles. The highest BCUT2D eigenvalue weighted by Crippen LogP contribution is 2.30. The fraction of sp³-hybridized carbons (Fsp3) is 0.250. The maximum atomic E-state index is 10.4. The Morgan fingerprint density at radius 1 is 1.64 bits per heavy atom. The van der Waals surface area contributed by atoms with Crippen molar-refractivity contribution in [3.05, 3.63) is 38.3 Å². The molecule has 4 nitrogen and oxygen atoms in total. The van der Waals surface area contributed by atoms with Gasteiger partial charge in [-0.1, -0.05) is 15.9 Å². The Bertz CT molecular complexity index is 358. The van der Waals surface area contributed by atoms with Gasteiger partial charge in [0.2, 0.25) is 0 Å². The third kappa shape index (κ3) is 2.43. The number of halogens is 2. The summed E-state index contributed by atoms with van der Waals surface area (Å²) in [5, 5.41) is 18.7. The van der Waals surface area contributed by atoms with E-state index in [-0.39, 0.29) is 12.3 Å². The lowest BCUT2D eigenvalue weighted by Crippen LogP contribution is -1.98. The van der Waals surface area contributed by atoms with Crippen LogP contribution in [-0.4, -0.2) is 16.6 Å². The zero-order chi connectivity index (χ0) is 10.7. The van der Waals surface area contributed by atoms with Gasteiger partial charge in [-0.15, -0.1) is 11.6 Å². The number of aliphatic hydroxyl groups excluding tert-OH is 1. The van der Waals surface area contributed by atoms with Crippen molar-refractivity contribution in [3.8, 4) is 0 Å². The maximum absolute atomic E-state index is 10.4. The summed E-state index contributed by atoms with van der Waals surface area (Å²) in [6.45, 7) is -0.210. The van der Waals surface area contributed by atoms with Crippen LogP contribution in [0.4, 0.5) is 5.69 Å². The molecule has 1 aromatic carbocycles. The quantitative estimate of drug-likeness (QED) is 0.526. The minimum atomic E-state index is -0.551. The van der Waals surface area contributed by atoms with Crippen molar-refractivity contribution < 1.29 is 10.0 Å². The van der Waals surface area contributed by atoms with Crippen LogP contribution in [0, 0.1) is 10.1 Å². The first-order chi connectivity index (χ1) is 6.56. The number of alkyl halides is 1.